The molecule has 1 N–H and O–H groups in total. The number of para-hydroxylation sites is 1. The molecule has 150 valence electrons. The lowest BCUT2D eigenvalue weighted by Crippen LogP contribution is -2.48. The first kappa shape index (κ1) is 20.5. The van der Waals surface area contributed by atoms with Crippen LogP contribution in [-0.2, 0) is 9.53 Å². The first-order chi connectivity index (χ1) is 14.0. The Morgan fingerprint density at radius 3 is 2.59 bits per heavy atom. The number of nitro benzene ring substituents is 1. The summed E-state index contributed by atoms with van der Waals surface area (Å²) in [5.41, 5.74) is 2.47. The summed E-state index contributed by atoms with van der Waals surface area (Å²) in [5, 5.41) is 14.8. The number of nitrogens with zero attached hydrogens (tertiary/aromatic N) is 2. The largest absolute Gasteiger partial charge is 0.466 e. The van der Waals surface area contributed by atoms with E-state index in [1.54, 1.807) is 12.1 Å². The number of hydrogen-bond acceptors (Lipinski definition) is 5. The molecule has 0 spiro atoms. The van der Waals surface area contributed by atoms with E-state index in [2.05, 4.69) is 5.32 Å². The van der Waals surface area contributed by atoms with Gasteiger partial charge in [0.15, 0.2) is 5.11 Å². The summed E-state index contributed by atoms with van der Waals surface area (Å²) >= 11 is 5.63. The first-order valence-electron chi connectivity index (χ1n) is 9.19. The number of non-ortho nitro benzene ring substituents is 1. The van der Waals surface area contributed by atoms with Gasteiger partial charge in [0.2, 0.25) is 0 Å². The standard InChI is InChI=1S/C21H21N3O4S/c1-3-8-17-18(20(25)28-2)19(14-9-7-12-16(13-14)24(26)27)22-21(29)23(17)15-10-5-4-6-11-15/h4-7,9-13,19H,3,8H2,1-2H3,(H,22,29)/t19-/m0/s1. The highest BCUT2D eigenvalue weighted by atomic mass is 32.1. The van der Waals surface area contributed by atoms with Gasteiger partial charge >= 0.3 is 5.97 Å². The van der Waals surface area contributed by atoms with Crippen molar-refractivity contribution in [2.24, 2.45) is 0 Å². The number of carbonyl (C=O) groups excluding carboxylic acids is 1. The number of ether oxygens (including phenoxy) is 1. The van der Waals surface area contributed by atoms with E-state index in [0.29, 0.717) is 22.7 Å². The number of hydrogen-bond donors (Lipinski definition) is 1. The van der Waals surface area contributed by atoms with Crippen LogP contribution in [0.15, 0.2) is 65.9 Å². The van der Waals surface area contributed by atoms with E-state index in [-0.39, 0.29) is 5.69 Å². The summed E-state index contributed by atoms with van der Waals surface area (Å²) in [5.74, 6) is -0.499. The quantitative estimate of drug-likeness (QED) is 0.329. The lowest BCUT2D eigenvalue weighted by Gasteiger charge is -2.38. The predicted octanol–water partition coefficient (Wildman–Crippen LogP) is 4.26. The van der Waals surface area contributed by atoms with Gasteiger partial charge in [-0.25, -0.2) is 4.79 Å². The highest BCUT2D eigenvalue weighted by molar-refractivity contribution is 7.80. The van der Waals surface area contributed by atoms with Crippen molar-refractivity contribution in [3.8, 4) is 0 Å². The molecule has 1 atom stereocenters. The van der Waals surface area contributed by atoms with Crippen molar-refractivity contribution in [1.29, 1.82) is 0 Å². The van der Waals surface area contributed by atoms with Crippen molar-refractivity contribution in [1.82, 2.24) is 5.32 Å². The predicted molar refractivity (Wildman–Crippen MR) is 114 cm³/mol. The lowest BCUT2D eigenvalue weighted by atomic mass is 9.92. The Balaban J connectivity index is 2.21. The first-order valence-corrected chi connectivity index (χ1v) is 9.60. The van der Waals surface area contributed by atoms with Crippen molar-refractivity contribution in [2.75, 3.05) is 12.0 Å². The van der Waals surface area contributed by atoms with E-state index >= 15 is 0 Å². The average molecular weight is 411 g/mol. The van der Waals surface area contributed by atoms with Crippen molar-refractivity contribution in [3.63, 3.8) is 0 Å². The second-order valence-electron chi connectivity index (χ2n) is 6.51. The third-order valence-corrected chi connectivity index (χ3v) is 4.96. The highest BCUT2D eigenvalue weighted by Gasteiger charge is 2.37. The van der Waals surface area contributed by atoms with E-state index in [1.807, 2.05) is 42.2 Å². The van der Waals surface area contributed by atoms with Crippen LogP contribution in [0.4, 0.5) is 11.4 Å². The number of thiocarbonyl (C=S) groups is 1. The number of esters is 1. The Bertz CT molecular complexity index is 975. The molecule has 0 fully saturated rings. The monoisotopic (exact) mass is 411 g/mol. The fourth-order valence-electron chi connectivity index (χ4n) is 3.42. The molecule has 0 aromatic heterocycles. The summed E-state index contributed by atoms with van der Waals surface area (Å²) < 4.78 is 5.07. The summed E-state index contributed by atoms with van der Waals surface area (Å²) in [6.45, 7) is 2.01. The van der Waals surface area contributed by atoms with Gasteiger partial charge in [-0.3, -0.25) is 15.0 Å². The molecular weight excluding hydrogens is 390 g/mol. The number of allylic oxidation sites excluding steroid dienone is 1. The smallest absolute Gasteiger partial charge is 0.337 e. The molecule has 0 saturated carbocycles. The van der Waals surface area contributed by atoms with Gasteiger partial charge in [0.1, 0.15) is 0 Å². The van der Waals surface area contributed by atoms with Crippen LogP contribution in [0.2, 0.25) is 0 Å². The number of benzene rings is 2. The van der Waals surface area contributed by atoms with Gasteiger partial charge in [-0.1, -0.05) is 43.7 Å². The summed E-state index contributed by atoms with van der Waals surface area (Å²) in [4.78, 5) is 25.4. The van der Waals surface area contributed by atoms with Gasteiger partial charge < -0.3 is 10.1 Å². The van der Waals surface area contributed by atoms with E-state index in [0.717, 1.165) is 17.8 Å². The van der Waals surface area contributed by atoms with Crippen molar-refractivity contribution < 1.29 is 14.5 Å². The van der Waals surface area contributed by atoms with Crippen LogP contribution in [0, 0.1) is 10.1 Å². The molecule has 1 aliphatic heterocycles. The van der Waals surface area contributed by atoms with Crippen LogP contribution >= 0.6 is 12.2 Å². The Kier molecular flexibility index (Phi) is 6.23. The molecule has 0 bridgehead atoms. The minimum absolute atomic E-state index is 0.0537. The number of methoxy groups -OCH3 is 1. The van der Waals surface area contributed by atoms with Crippen molar-refractivity contribution in [2.45, 2.75) is 25.8 Å². The third kappa shape index (κ3) is 4.12. The molecule has 0 saturated heterocycles. The molecule has 1 heterocycles. The number of carbonyl (C=O) groups is 1. The maximum atomic E-state index is 12.8. The zero-order valence-corrected chi connectivity index (χ0v) is 16.9. The molecule has 7 nitrogen and oxygen atoms in total. The van der Waals surface area contributed by atoms with E-state index in [9.17, 15) is 14.9 Å². The van der Waals surface area contributed by atoms with E-state index in [4.69, 9.17) is 17.0 Å². The zero-order chi connectivity index (χ0) is 21.0. The fraction of sp³-hybridized carbons (Fsp3) is 0.238. The molecule has 2 aromatic carbocycles. The Morgan fingerprint density at radius 2 is 1.97 bits per heavy atom. The minimum Gasteiger partial charge on any atom is -0.466 e. The maximum absolute atomic E-state index is 12.8. The van der Waals surface area contributed by atoms with Gasteiger partial charge in [-0.05, 0) is 36.3 Å². The Hall–Kier alpha value is -3.26. The molecule has 0 radical (unpaired) electrons. The third-order valence-electron chi connectivity index (χ3n) is 4.66. The van der Waals surface area contributed by atoms with E-state index < -0.39 is 16.9 Å². The number of nitro groups is 1. The second kappa shape index (κ2) is 8.83. The van der Waals surface area contributed by atoms with Gasteiger partial charge in [0.25, 0.3) is 5.69 Å². The molecule has 1 aliphatic rings. The van der Waals surface area contributed by atoms with Crippen molar-refractivity contribution in [3.05, 3.63) is 81.5 Å². The Labute approximate surface area is 174 Å². The molecule has 8 heteroatoms. The number of nitrogens with one attached hydrogen (secondary N) is 1. The van der Waals surface area contributed by atoms with Gasteiger partial charge in [0, 0.05) is 23.5 Å². The molecule has 0 unspecified atom stereocenters. The van der Waals surface area contributed by atoms with Crippen LogP contribution in [0.5, 0.6) is 0 Å². The summed E-state index contributed by atoms with van der Waals surface area (Å²) in [7, 11) is 1.32. The number of anilines is 1. The Morgan fingerprint density at radius 1 is 1.24 bits per heavy atom. The fourth-order valence-corrected chi connectivity index (χ4v) is 3.75. The lowest BCUT2D eigenvalue weighted by molar-refractivity contribution is -0.384. The van der Waals surface area contributed by atoms with Crippen LogP contribution < -0.4 is 10.2 Å². The van der Waals surface area contributed by atoms with Crippen LogP contribution in [0.25, 0.3) is 0 Å². The summed E-state index contributed by atoms with van der Waals surface area (Å²) in [6, 6.07) is 15.1. The normalized spacial score (nSPS) is 16.4. The van der Waals surface area contributed by atoms with Crippen LogP contribution in [-0.4, -0.2) is 23.1 Å². The van der Waals surface area contributed by atoms with Crippen molar-refractivity contribution >= 4 is 34.7 Å². The number of rotatable bonds is 6. The van der Waals surface area contributed by atoms with Crippen LogP contribution in [0.3, 0.4) is 0 Å². The molecule has 0 aliphatic carbocycles. The van der Waals surface area contributed by atoms with Crippen LogP contribution in [0.1, 0.15) is 31.4 Å². The molecular formula is C21H21N3O4S. The van der Waals surface area contributed by atoms with E-state index in [1.165, 1.54) is 19.2 Å². The SMILES string of the molecule is CCCC1=C(C(=O)OC)[C@H](c2cccc([N+](=O)[O-])c2)NC(=S)N1c1ccccc1. The second-order valence-corrected chi connectivity index (χ2v) is 6.89. The topological polar surface area (TPSA) is 84.7 Å². The molecule has 2 aromatic rings. The molecule has 3 rings (SSSR count). The molecule has 0 amide bonds. The average Bonchev–Trinajstić information content (AvgIpc) is 2.74. The van der Waals surface area contributed by atoms with Gasteiger partial charge in [-0.15, -0.1) is 0 Å². The zero-order valence-electron chi connectivity index (χ0n) is 16.1. The highest BCUT2D eigenvalue weighted by Crippen LogP contribution is 2.36. The maximum Gasteiger partial charge on any atom is 0.337 e. The van der Waals surface area contributed by atoms with Gasteiger partial charge in [-0.2, -0.15) is 0 Å². The minimum atomic E-state index is -0.642. The molecule has 29 heavy (non-hydrogen) atoms. The summed E-state index contributed by atoms with van der Waals surface area (Å²) in [6.07, 6.45) is 1.37. The van der Waals surface area contributed by atoms with Gasteiger partial charge in [0.05, 0.1) is 23.6 Å².